The topological polar surface area (TPSA) is 74.5 Å². The molecule has 0 unspecified atom stereocenters. The van der Waals surface area contributed by atoms with Crippen molar-refractivity contribution < 1.29 is 4.92 Å². The van der Waals surface area contributed by atoms with Crippen molar-refractivity contribution >= 4 is 22.3 Å². The minimum Gasteiger partial charge on any atom is -0.317 e. The van der Waals surface area contributed by atoms with Gasteiger partial charge in [0.25, 0.3) is 5.69 Å². The maximum atomic E-state index is 11.1. The molecule has 7 nitrogen and oxygen atoms in total. The number of rotatable bonds is 3. The van der Waals surface area contributed by atoms with Crippen LogP contribution in [0.15, 0.2) is 30.5 Å². The fraction of sp³-hybridized carbons (Fsp3) is 0.357. The molecular weight excluding hydrogens is 270 g/mol. The van der Waals surface area contributed by atoms with Crippen LogP contribution in [0.4, 0.5) is 11.4 Å². The maximum absolute atomic E-state index is 11.1. The second-order valence-electron chi connectivity index (χ2n) is 5.19. The van der Waals surface area contributed by atoms with Gasteiger partial charge in [-0.3, -0.25) is 15.1 Å². The summed E-state index contributed by atoms with van der Waals surface area (Å²) in [6.45, 7) is 3.79. The Morgan fingerprint density at radius 2 is 2.00 bits per heavy atom. The highest BCUT2D eigenvalue weighted by molar-refractivity contribution is 5.96. The fourth-order valence-corrected chi connectivity index (χ4v) is 2.50. The summed E-state index contributed by atoms with van der Waals surface area (Å²) < 4.78 is 0. The average Bonchev–Trinajstić information content (AvgIpc) is 2.49. The standard InChI is InChI=1S/C14H17N5O2/c1-17-7-9-18(10-8-17)16-12-4-5-13(19(20)21)11-3-2-6-15-14(11)12/h2-6,16H,7-10H2,1H3. The number of nitrogens with zero attached hydrogens (tertiary/aromatic N) is 4. The number of nitro groups is 1. The molecule has 0 spiro atoms. The molecule has 110 valence electrons. The highest BCUT2D eigenvalue weighted by Crippen LogP contribution is 2.30. The van der Waals surface area contributed by atoms with E-state index in [0.717, 1.165) is 31.9 Å². The molecule has 0 bridgehead atoms. The minimum atomic E-state index is -0.371. The van der Waals surface area contributed by atoms with Crippen molar-refractivity contribution in [1.82, 2.24) is 14.9 Å². The number of hydrogen-bond donors (Lipinski definition) is 1. The molecule has 2 aromatic rings. The van der Waals surface area contributed by atoms with E-state index in [9.17, 15) is 10.1 Å². The third-order valence-electron chi connectivity index (χ3n) is 3.73. The van der Waals surface area contributed by atoms with E-state index in [0.29, 0.717) is 10.9 Å². The van der Waals surface area contributed by atoms with Crippen LogP contribution in [0.25, 0.3) is 10.9 Å². The lowest BCUT2D eigenvalue weighted by molar-refractivity contribution is -0.383. The fourth-order valence-electron chi connectivity index (χ4n) is 2.50. The Kier molecular flexibility index (Phi) is 3.68. The molecule has 1 fully saturated rings. The largest absolute Gasteiger partial charge is 0.317 e. The Bertz CT molecular complexity index is 667. The molecule has 1 aliphatic rings. The molecule has 1 aromatic heterocycles. The van der Waals surface area contributed by atoms with Crippen molar-refractivity contribution in [2.45, 2.75) is 0 Å². The first kappa shape index (κ1) is 13.7. The number of aromatic nitrogens is 1. The minimum absolute atomic E-state index is 0.0852. The van der Waals surface area contributed by atoms with E-state index >= 15 is 0 Å². The molecule has 1 saturated heterocycles. The second kappa shape index (κ2) is 5.63. The molecule has 7 heteroatoms. The number of hydrazine groups is 1. The van der Waals surface area contributed by atoms with Crippen LogP contribution in [0.5, 0.6) is 0 Å². The van der Waals surface area contributed by atoms with Crippen LogP contribution in [0.1, 0.15) is 0 Å². The molecule has 0 radical (unpaired) electrons. The van der Waals surface area contributed by atoms with E-state index in [4.69, 9.17) is 0 Å². The van der Waals surface area contributed by atoms with Gasteiger partial charge in [0.05, 0.1) is 16.0 Å². The molecule has 0 amide bonds. The summed E-state index contributed by atoms with van der Waals surface area (Å²) in [5.74, 6) is 0. The van der Waals surface area contributed by atoms with Gasteiger partial charge in [0.1, 0.15) is 5.52 Å². The van der Waals surface area contributed by atoms with Crippen LogP contribution < -0.4 is 5.43 Å². The van der Waals surface area contributed by atoms with Gasteiger partial charge >= 0.3 is 0 Å². The van der Waals surface area contributed by atoms with Crippen LogP contribution in [0.3, 0.4) is 0 Å². The van der Waals surface area contributed by atoms with E-state index in [1.165, 1.54) is 6.07 Å². The zero-order chi connectivity index (χ0) is 14.8. The SMILES string of the molecule is CN1CCN(Nc2ccc([N+](=O)[O-])c3cccnc23)CC1. The first-order valence-electron chi connectivity index (χ1n) is 6.87. The number of non-ortho nitro benzene ring substituents is 1. The lowest BCUT2D eigenvalue weighted by atomic mass is 10.1. The molecule has 1 aromatic carbocycles. The van der Waals surface area contributed by atoms with Gasteiger partial charge in [-0.15, -0.1) is 0 Å². The number of fused-ring (bicyclic) bond motifs is 1. The summed E-state index contributed by atoms with van der Waals surface area (Å²) in [7, 11) is 2.10. The molecule has 0 aliphatic carbocycles. The smallest absolute Gasteiger partial charge is 0.278 e. The molecule has 0 saturated carbocycles. The summed E-state index contributed by atoms with van der Waals surface area (Å²) in [6, 6.07) is 6.71. The number of nitro benzene ring substituents is 1. The predicted molar refractivity (Wildman–Crippen MR) is 81.1 cm³/mol. The summed E-state index contributed by atoms with van der Waals surface area (Å²) in [6.07, 6.45) is 1.65. The van der Waals surface area contributed by atoms with Crippen molar-refractivity contribution in [3.8, 4) is 0 Å². The van der Waals surface area contributed by atoms with Crippen molar-refractivity contribution in [3.63, 3.8) is 0 Å². The highest BCUT2D eigenvalue weighted by Gasteiger charge is 2.18. The third-order valence-corrected chi connectivity index (χ3v) is 3.73. The molecule has 3 rings (SSSR count). The van der Waals surface area contributed by atoms with E-state index in [1.807, 2.05) is 0 Å². The van der Waals surface area contributed by atoms with Crippen molar-refractivity contribution in [2.75, 3.05) is 38.7 Å². The molecular formula is C14H17N5O2. The Morgan fingerprint density at radius 3 is 2.71 bits per heavy atom. The van der Waals surface area contributed by atoms with E-state index < -0.39 is 0 Å². The summed E-state index contributed by atoms with van der Waals surface area (Å²) in [5.41, 5.74) is 4.85. The Balaban J connectivity index is 1.93. The lowest BCUT2D eigenvalue weighted by Gasteiger charge is -2.33. The lowest BCUT2D eigenvalue weighted by Crippen LogP contribution is -2.46. The van der Waals surface area contributed by atoms with Crippen LogP contribution in [0, 0.1) is 10.1 Å². The van der Waals surface area contributed by atoms with Crippen LogP contribution in [-0.2, 0) is 0 Å². The number of pyridine rings is 1. The molecule has 21 heavy (non-hydrogen) atoms. The predicted octanol–water partition coefficient (Wildman–Crippen LogP) is 1.72. The first-order chi connectivity index (χ1) is 10.1. The summed E-state index contributed by atoms with van der Waals surface area (Å²) >= 11 is 0. The Morgan fingerprint density at radius 1 is 1.24 bits per heavy atom. The van der Waals surface area contributed by atoms with Gasteiger partial charge in [-0.1, -0.05) is 0 Å². The highest BCUT2D eigenvalue weighted by atomic mass is 16.6. The van der Waals surface area contributed by atoms with Crippen LogP contribution >= 0.6 is 0 Å². The van der Waals surface area contributed by atoms with Gasteiger partial charge < -0.3 is 10.3 Å². The van der Waals surface area contributed by atoms with Crippen molar-refractivity contribution in [1.29, 1.82) is 0 Å². The number of likely N-dealkylation sites (N-methyl/N-ethyl adjacent to an activating group) is 1. The maximum Gasteiger partial charge on any atom is 0.278 e. The van der Waals surface area contributed by atoms with Gasteiger partial charge in [0.2, 0.25) is 0 Å². The summed E-state index contributed by atoms with van der Waals surface area (Å²) in [4.78, 5) is 17.3. The average molecular weight is 287 g/mol. The second-order valence-corrected chi connectivity index (χ2v) is 5.19. The van der Waals surface area contributed by atoms with Crippen molar-refractivity contribution in [3.05, 3.63) is 40.6 Å². The van der Waals surface area contributed by atoms with Crippen LogP contribution in [-0.4, -0.2) is 53.0 Å². The number of nitrogens with one attached hydrogen (secondary N) is 1. The van der Waals surface area contributed by atoms with E-state index in [1.54, 1.807) is 24.4 Å². The molecule has 1 N–H and O–H groups in total. The number of hydrogen-bond acceptors (Lipinski definition) is 6. The van der Waals surface area contributed by atoms with Gasteiger partial charge in [-0.2, -0.15) is 0 Å². The Hall–Kier alpha value is -2.25. The number of anilines is 1. The summed E-state index contributed by atoms with van der Waals surface area (Å²) in [5, 5.41) is 13.8. The molecule has 1 aliphatic heterocycles. The zero-order valence-corrected chi connectivity index (χ0v) is 11.8. The molecule has 2 heterocycles. The number of piperazine rings is 1. The number of benzene rings is 1. The molecule has 0 atom stereocenters. The van der Waals surface area contributed by atoms with Gasteiger partial charge in [-0.05, 0) is 25.2 Å². The normalized spacial score (nSPS) is 17.0. The third kappa shape index (κ3) is 2.79. The van der Waals surface area contributed by atoms with E-state index in [-0.39, 0.29) is 10.6 Å². The van der Waals surface area contributed by atoms with Crippen LogP contribution in [0.2, 0.25) is 0 Å². The quantitative estimate of drug-likeness (QED) is 0.684. The monoisotopic (exact) mass is 287 g/mol. The van der Waals surface area contributed by atoms with E-state index in [2.05, 4.69) is 27.4 Å². The Labute approximate surface area is 122 Å². The van der Waals surface area contributed by atoms with Gasteiger partial charge in [0, 0.05) is 38.4 Å². The zero-order valence-electron chi connectivity index (χ0n) is 11.8. The van der Waals surface area contributed by atoms with Gasteiger partial charge in [0.15, 0.2) is 0 Å². The van der Waals surface area contributed by atoms with Gasteiger partial charge in [-0.25, -0.2) is 5.01 Å². The first-order valence-corrected chi connectivity index (χ1v) is 6.87. The van der Waals surface area contributed by atoms with Crippen molar-refractivity contribution in [2.24, 2.45) is 0 Å².